The average molecular weight is 210 g/mol. The molecule has 7 heteroatoms. The van der Waals surface area contributed by atoms with Crippen LogP contribution < -0.4 is 5.14 Å². The molecule has 0 unspecified atom stereocenters. The summed E-state index contributed by atoms with van der Waals surface area (Å²) in [7, 11) is -4.04. The Balaban J connectivity index is 0. The van der Waals surface area contributed by atoms with E-state index in [0.29, 0.717) is 0 Å². The minimum Gasteiger partial charge on any atom is -0.229 e. The molecule has 0 aromatic heterocycles. The Bertz CT molecular complexity index is 204. The Morgan fingerprint density at radius 2 is 1.82 bits per heavy atom. The smallest absolute Gasteiger partial charge is 0.229 e. The van der Waals surface area contributed by atoms with Gasteiger partial charge in [0, 0.05) is 6.42 Å². The second kappa shape index (κ2) is 4.18. The lowest BCUT2D eigenvalue weighted by Crippen LogP contribution is -2.31. The van der Waals surface area contributed by atoms with Crippen molar-refractivity contribution in [2.45, 2.75) is 19.3 Å². The highest BCUT2D eigenvalue weighted by Crippen LogP contribution is 2.18. The Labute approximate surface area is 70.4 Å². The van der Waals surface area contributed by atoms with Crippen molar-refractivity contribution in [2.75, 3.05) is 5.75 Å². The molecule has 0 aromatic rings. The zero-order chi connectivity index (χ0) is 8.41. The number of halogens is 3. The average Bonchev–Trinajstić information content (AvgIpc) is 1.60. The molecule has 0 aliphatic carbocycles. The Morgan fingerprint density at radius 3 is 1.91 bits per heavy atom. The first kappa shape index (κ1) is 13.6. The first-order valence-corrected chi connectivity index (χ1v) is 4.37. The van der Waals surface area contributed by atoms with Crippen molar-refractivity contribution in [1.82, 2.24) is 0 Å². The molecule has 0 aliphatic rings. The summed E-state index contributed by atoms with van der Waals surface area (Å²) >= 11 is 0. The summed E-state index contributed by atoms with van der Waals surface area (Å²) < 4.78 is 44.6. The van der Waals surface area contributed by atoms with Crippen molar-refractivity contribution < 1.29 is 17.2 Å². The Kier molecular flexibility index (Phi) is 5.18. The van der Waals surface area contributed by atoms with E-state index in [0.717, 1.165) is 0 Å². The van der Waals surface area contributed by atoms with E-state index in [-0.39, 0.29) is 12.4 Å². The van der Waals surface area contributed by atoms with Crippen LogP contribution in [0.5, 0.6) is 0 Å². The molecule has 3 nitrogen and oxygen atoms in total. The number of sulfonamides is 1. The van der Waals surface area contributed by atoms with Crippen molar-refractivity contribution in [2.24, 2.45) is 5.14 Å². The zero-order valence-corrected chi connectivity index (χ0v) is 7.51. The van der Waals surface area contributed by atoms with Gasteiger partial charge in [0.15, 0.2) is 0 Å². The normalized spacial score (nSPS) is 12.4. The van der Waals surface area contributed by atoms with Crippen molar-refractivity contribution in [3.8, 4) is 0 Å². The van der Waals surface area contributed by atoms with Gasteiger partial charge in [0.2, 0.25) is 10.0 Å². The van der Waals surface area contributed by atoms with Crippen LogP contribution in [0.2, 0.25) is 0 Å². The van der Waals surface area contributed by atoms with Gasteiger partial charge in [0.1, 0.15) is 5.75 Å². The van der Waals surface area contributed by atoms with Gasteiger partial charge in [-0.25, -0.2) is 22.3 Å². The highest BCUT2D eigenvalue weighted by Gasteiger charge is 2.31. The predicted molar refractivity (Wildman–Crippen MR) is 40.5 cm³/mol. The molecule has 0 spiro atoms. The minimum absolute atomic E-state index is 0. The molecular formula is C4H10ClF2NO2S. The summed E-state index contributed by atoms with van der Waals surface area (Å²) in [6.45, 7) is 1.20. The molecule has 0 heterocycles. The van der Waals surface area contributed by atoms with Gasteiger partial charge in [-0.15, -0.1) is 12.4 Å². The van der Waals surface area contributed by atoms with Crippen LogP contribution in [0.25, 0.3) is 0 Å². The van der Waals surface area contributed by atoms with Gasteiger partial charge in [-0.1, -0.05) is 6.92 Å². The SMILES string of the molecule is CCC(F)(F)CS(N)(=O)=O.Cl. The molecular weight excluding hydrogens is 200 g/mol. The molecule has 70 valence electrons. The van der Waals surface area contributed by atoms with Crippen LogP contribution in [0.1, 0.15) is 13.3 Å². The topological polar surface area (TPSA) is 60.2 Å². The van der Waals surface area contributed by atoms with E-state index >= 15 is 0 Å². The maximum Gasteiger partial charge on any atom is 0.263 e. The molecule has 0 bridgehead atoms. The standard InChI is InChI=1S/C4H9F2NO2S.ClH/c1-2-4(5,6)3-10(7,8)9;/h2-3H2,1H3,(H2,7,8,9);1H. The number of rotatable bonds is 3. The Morgan fingerprint density at radius 1 is 1.45 bits per heavy atom. The Hall–Kier alpha value is 0.0600. The maximum absolute atomic E-state index is 12.2. The van der Waals surface area contributed by atoms with E-state index in [9.17, 15) is 17.2 Å². The highest BCUT2D eigenvalue weighted by molar-refractivity contribution is 7.89. The molecule has 0 rings (SSSR count). The molecule has 2 N–H and O–H groups in total. The summed E-state index contributed by atoms with van der Waals surface area (Å²) in [5, 5.41) is 4.39. The second-order valence-electron chi connectivity index (χ2n) is 2.02. The quantitative estimate of drug-likeness (QED) is 0.746. The fourth-order valence-corrected chi connectivity index (χ4v) is 1.19. The van der Waals surface area contributed by atoms with Gasteiger partial charge >= 0.3 is 0 Å². The van der Waals surface area contributed by atoms with E-state index in [2.05, 4.69) is 5.14 Å². The van der Waals surface area contributed by atoms with E-state index in [1.54, 1.807) is 0 Å². The summed E-state index contributed by atoms with van der Waals surface area (Å²) in [6, 6.07) is 0. The summed E-state index contributed by atoms with van der Waals surface area (Å²) in [4.78, 5) is 0. The summed E-state index contributed by atoms with van der Waals surface area (Å²) in [5.41, 5.74) is 0. The summed E-state index contributed by atoms with van der Waals surface area (Å²) in [6.07, 6.45) is -0.510. The van der Waals surface area contributed by atoms with E-state index in [4.69, 9.17) is 0 Å². The first-order chi connectivity index (χ1) is 4.27. The van der Waals surface area contributed by atoms with Crippen LogP contribution in [-0.4, -0.2) is 20.1 Å². The first-order valence-electron chi connectivity index (χ1n) is 2.65. The molecule has 0 aromatic carbocycles. The van der Waals surface area contributed by atoms with E-state index in [1.165, 1.54) is 6.92 Å². The summed E-state index contributed by atoms with van der Waals surface area (Å²) in [5.74, 6) is -4.45. The lowest BCUT2D eigenvalue weighted by molar-refractivity contribution is 0.0218. The monoisotopic (exact) mass is 209 g/mol. The molecule has 0 aliphatic heterocycles. The van der Waals surface area contributed by atoms with Crippen LogP contribution in [0.15, 0.2) is 0 Å². The minimum atomic E-state index is -4.04. The number of hydrogen-bond donors (Lipinski definition) is 1. The molecule has 0 fully saturated rings. The largest absolute Gasteiger partial charge is 0.263 e. The number of hydrogen-bond acceptors (Lipinski definition) is 2. The van der Waals surface area contributed by atoms with Crippen LogP contribution in [0, 0.1) is 0 Å². The van der Waals surface area contributed by atoms with Crippen LogP contribution in [-0.2, 0) is 10.0 Å². The van der Waals surface area contributed by atoms with Gasteiger partial charge in [-0.3, -0.25) is 0 Å². The third-order valence-corrected chi connectivity index (χ3v) is 1.75. The van der Waals surface area contributed by atoms with Gasteiger partial charge in [-0.2, -0.15) is 0 Å². The van der Waals surface area contributed by atoms with Crippen LogP contribution >= 0.6 is 12.4 Å². The van der Waals surface area contributed by atoms with Gasteiger partial charge in [-0.05, 0) is 0 Å². The number of nitrogens with two attached hydrogens (primary N) is 1. The predicted octanol–water partition coefficient (Wildman–Crippen LogP) is 0.742. The fourth-order valence-electron chi connectivity index (χ4n) is 0.396. The van der Waals surface area contributed by atoms with Crippen molar-refractivity contribution in [3.63, 3.8) is 0 Å². The number of primary sulfonamides is 1. The van der Waals surface area contributed by atoms with Crippen molar-refractivity contribution in [1.29, 1.82) is 0 Å². The molecule has 0 saturated carbocycles. The van der Waals surface area contributed by atoms with Crippen LogP contribution in [0.4, 0.5) is 8.78 Å². The highest BCUT2D eigenvalue weighted by atomic mass is 35.5. The van der Waals surface area contributed by atoms with E-state index < -0.39 is 28.1 Å². The number of alkyl halides is 2. The lowest BCUT2D eigenvalue weighted by Gasteiger charge is -2.10. The second-order valence-corrected chi connectivity index (χ2v) is 3.63. The van der Waals surface area contributed by atoms with Crippen molar-refractivity contribution >= 4 is 22.4 Å². The molecule has 0 amide bonds. The molecule has 0 atom stereocenters. The van der Waals surface area contributed by atoms with Gasteiger partial charge in [0.05, 0.1) is 0 Å². The molecule has 11 heavy (non-hydrogen) atoms. The fraction of sp³-hybridized carbons (Fsp3) is 1.00. The van der Waals surface area contributed by atoms with Crippen LogP contribution in [0.3, 0.4) is 0 Å². The van der Waals surface area contributed by atoms with Gasteiger partial charge < -0.3 is 0 Å². The van der Waals surface area contributed by atoms with Gasteiger partial charge in [0.25, 0.3) is 5.92 Å². The maximum atomic E-state index is 12.2. The van der Waals surface area contributed by atoms with Crippen molar-refractivity contribution in [3.05, 3.63) is 0 Å². The molecule has 0 radical (unpaired) electrons. The van der Waals surface area contributed by atoms with E-state index in [1.807, 2.05) is 0 Å². The third-order valence-electron chi connectivity index (χ3n) is 0.930. The molecule has 0 saturated heterocycles. The lowest BCUT2D eigenvalue weighted by atomic mass is 10.3. The third kappa shape index (κ3) is 7.96. The zero-order valence-electron chi connectivity index (χ0n) is 5.88.